The molecule has 6 nitrogen and oxygen atoms in total. The summed E-state index contributed by atoms with van der Waals surface area (Å²) in [4.78, 5) is 38.4. The van der Waals surface area contributed by atoms with Crippen LogP contribution in [0, 0.1) is 13.8 Å². The minimum atomic E-state index is -0.304. The first kappa shape index (κ1) is 17.5. The van der Waals surface area contributed by atoms with Crippen LogP contribution in [0.15, 0.2) is 24.3 Å². The molecular weight excluding hydrogens is 306 g/mol. The highest BCUT2D eigenvalue weighted by Crippen LogP contribution is 2.20. The monoisotopic (exact) mass is 327 g/mol. The van der Waals surface area contributed by atoms with Crippen molar-refractivity contribution in [3.8, 4) is 0 Å². The molecule has 0 saturated heterocycles. The topological polar surface area (TPSA) is 91.1 Å². The summed E-state index contributed by atoms with van der Waals surface area (Å²) >= 11 is 0. The maximum atomic E-state index is 12.4. The number of anilines is 1. The molecule has 0 aliphatic heterocycles. The van der Waals surface area contributed by atoms with E-state index in [9.17, 15) is 14.4 Å². The Morgan fingerprint density at radius 2 is 1.71 bits per heavy atom. The Bertz CT molecular complexity index is 789. The van der Waals surface area contributed by atoms with Gasteiger partial charge in [-0.2, -0.15) is 0 Å². The Morgan fingerprint density at radius 3 is 2.21 bits per heavy atom. The molecule has 3 N–H and O–H groups in total. The van der Waals surface area contributed by atoms with Crippen molar-refractivity contribution < 1.29 is 14.4 Å². The summed E-state index contributed by atoms with van der Waals surface area (Å²) < 4.78 is 0. The summed E-state index contributed by atoms with van der Waals surface area (Å²) in [6, 6.07) is 7.07. The molecule has 0 bridgehead atoms. The highest BCUT2D eigenvalue weighted by molar-refractivity contribution is 6.07. The fourth-order valence-electron chi connectivity index (χ4n) is 2.68. The second-order valence-corrected chi connectivity index (χ2v) is 5.68. The van der Waals surface area contributed by atoms with Crippen LogP contribution in [-0.4, -0.2) is 29.6 Å². The van der Waals surface area contributed by atoms with Gasteiger partial charge in [-0.15, -0.1) is 0 Å². The summed E-state index contributed by atoms with van der Waals surface area (Å²) in [7, 11) is 1.59. The number of carbonyl (C=O) groups is 3. The first-order valence-electron chi connectivity index (χ1n) is 7.64. The predicted octanol–water partition coefficient (Wildman–Crippen LogP) is 2.37. The zero-order valence-electron chi connectivity index (χ0n) is 14.2. The van der Waals surface area contributed by atoms with Gasteiger partial charge in [-0.25, -0.2) is 0 Å². The lowest BCUT2D eigenvalue weighted by atomic mass is 10.1. The lowest BCUT2D eigenvalue weighted by molar-refractivity contribution is -0.119. The molecule has 0 atom stereocenters. The van der Waals surface area contributed by atoms with Gasteiger partial charge >= 0.3 is 0 Å². The van der Waals surface area contributed by atoms with Gasteiger partial charge in [0.05, 0.1) is 6.42 Å². The van der Waals surface area contributed by atoms with E-state index in [1.807, 2.05) is 0 Å². The summed E-state index contributed by atoms with van der Waals surface area (Å²) in [5.74, 6) is -0.443. The van der Waals surface area contributed by atoms with E-state index < -0.39 is 0 Å². The number of aromatic nitrogens is 1. The van der Waals surface area contributed by atoms with E-state index >= 15 is 0 Å². The Kier molecular flexibility index (Phi) is 5.18. The molecule has 2 aromatic rings. The first-order chi connectivity index (χ1) is 11.3. The van der Waals surface area contributed by atoms with E-state index in [-0.39, 0.29) is 17.6 Å². The largest absolute Gasteiger partial charge is 0.359 e. The minimum Gasteiger partial charge on any atom is -0.359 e. The number of carbonyl (C=O) groups excluding carboxylic acids is 3. The molecule has 2 rings (SSSR count). The van der Waals surface area contributed by atoms with Crippen molar-refractivity contribution in [2.24, 2.45) is 0 Å². The molecule has 1 aromatic carbocycles. The summed E-state index contributed by atoms with van der Waals surface area (Å²) in [5.41, 5.74) is 3.75. The molecule has 126 valence electrons. The van der Waals surface area contributed by atoms with Crippen LogP contribution in [0.5, 0.6) is 0 Å². The Morgan fingerprint density at radius 1 is 1.08 bits per heavy atom. The zero-order valence-corrected chi connectivity index (χ0v) is 14.2. The van der Waals surface area contributed by atoms with Crippen molar-refractivity contribution >= 4 is 23.3 Å². The molecule has 0 saturated carbocycles. The quantitative estimate of drug-likeness (QED) is 0.736. The maximum absolute atomic E-state index is 12.4. The Labute approximate surface area is 140 Å². The molecular formula is C18H21N3O3. The molecule has 0 fully saturated rings. The van der Waals surface area contributed by atoms with Crippen LogP contribution in [-0.2, 0) is 11.2 Å². The molecule has 2 amide bonds. The van der Waals surface area contributed by atoms with Gasteiger partial charge < -0.3 is 15.6 Å². The smallest absolute Gasteiger partial charge is 0.272 e. The van der Waals surface area contributed by atoms with Crippen LogP contribution >= 0.6 is 0 Å². The third kappa shape index (κ3) is 3.71. The summed E-state index contributed by atoms with van der Waals surface area (Å²) in [6.07, 6.45) is 0.293. The van der Waals surface area contributed by atoms with Crippen LogP contribution in [0.1, 0.15) is 44.6 Å². The third-order valence-electron chi connectivity index (χ3n) is 3.87. The van der Waals surface area contributed by atoms with Gasteiger partial charge in [-0.1, -0.05) is 12.1 Å². The van der Waals surface area contributed by atoms with Crippen LogP contribution in [0.3, 0.4) is 0 Å². The summed E-state index contributed by atoms with van der Waals surface area (Å²) in [5, 5.41) is 5.36. The van der Waals surface area contributed by atoms with Crippen LogP contribution in [0.4, 0.5) is 5.69 Å². The van der Waals surface area contributed by atoms with E-state index in [1.54, 1.807) is 45.2 Å². The van der Waals surface area contributed by atoms with Crippen LogP contribution in [0.2, 0.25) is 0 Å². The third-order valence-corrected chi connectivity index (χ3v) is 3.87. The normalized spacial score (nSPS) is 10.3. The number of benzene rings is 1. The van der Waals surface area contributed by atoms with Gasteiger partial charge in [0.15, 0.2) is 5.78 Å². The van der Waals surface area contributed by atoms with Gasteiger partial charge in [0.2, 0.25) is 5.91 Å². The zero-order chi connectivity index (χ0) is 17.9. The van der Waals surface area contributed by atoms with Gasteiger partial charge in [-0.05, 0) is 44.0 Å². The van der Waals surface area contributed by atoms with Crippen molar-refractivity contribution in [2.45, 2.75) is 27.2 Å². The highest BCUT2D eigenvalue weighted by Gasteiger charge is 2.19. The molecule has 1 aromatic heterocycles. The van der Waals surface area contributed by atoms with E-state index in [4.69, 9.17) is 0 Å². The molecule has 6 heteroatoms. The van der Waals surface area contributed by atoms with Crippen molar-refractivity contribution in [1.29, 1.82) is 0 Å². The number of rotatable bonds is 5. The number of hydrogen-bond acceptors (Lipinski definition) is 3. The second kappa shape index (κ2) is 7.12. The average molecular weight is 327 g/mol. The number of amides is 2. The van der Waals surface area contributed by atoms with Crippen molar-refractivity contribution in [3.05, 3.63) is 52.3 Å². The molecule has 0 unspecified atom stereocenters. The number of hydrogen-bond donors (Lipinski definition) is 3. The van der Waals surface area contributed by atoms with E-state index in [1.165, 1.54) is 6.92 Å². The molecule has 24 heavy (non-hydrogen) atoms. The predicted molar refractivity (Wildman–Crippen MR) is 92.4 cm³/mol. The number of aromatic amines is 1. The number of H-pyrrole nitrogens is 1. The fraction of sp³-hybridized carbons (Fsp3) is 0.278. The average Bonchev–Trinajstić information content (AvgIpc) is 2.84. The minimum absolute atomic E-state index is 0.0685. The second-order valence-electron chi connectivity index (χ2n) is 5.68. The van der Waals surface area contributed by atoms with Gasteiger partial charge in [0.25, 0.3) is 5.91 Å². The fourth-order valence-corrected chi connectivity index (χ4v) is 2.68. The van der Waals surface area contributed by atoms with Crippen LogP contribution < -0.4 is 10.6 Å². The van der Waals surface area contributed by atoms with Crippen molar-refractivity contribution in [2.75, 3.05) is 12.4 Å². The number of nitrogens with one attached hydrogen (secondary N) is 3. The van der Waals surface area contributed by atoms with Crippen LogP contribution in [0.25, 0.3) is 0 Å². The SMILES string of the molecule is CNC(=O)Cc1ccc(NC(=O)c2[nH]c(C)c(C(C)=O)c2C)cc1. The van der Waals surface area contributed by atoms with Gasteiger partial charge in [-0.3, -0.25) is 14.4 Å². The number of likely N-dealkylation sites (N-methyl/N-ethyl adjacent to an activating group) is 1. The van der Waals surface area contributed by atoms with Gasteiger partial charge in [0, 0.05) is 24.0 Å². The van der Waals surface area contributed by atoms with Crippen molar-refractivity contribution in [3.63, 3.8) is 0 Å². The number of aryl methyl sites for hydroxylation is 1. The summed E-state index contributed by atoms with van der Waals surface area (Å²) in [6.45, 7) is 5.01. The number of Topliss-reactive ketones (excluding diaryl/α,β-unsaturated/α-hetero) is 1. The Hall–Kier alpha value is -2.89. The molecule has 0 aliphatic rings. The lowest BCUT2D eigenvalue weighted by Gasteiger charge is -2.06. The number of ketones is 1. The van der Waals surface area contributed by atoms with E-state index in [2.05, 4.69) is 15.6 Å². The standard InChI is InChI=1S/C18H21N3O3/c1-10-16(12(3)22)11(2)20-17(10)18(24)21-14-7-5-13(6-8-14)9-15(23)19-4/h5-8,20H,9H2,1-4H3,(H,19,23)(H,21,24). The lowest BCUT2D eigenvalue weighted by Crippen LogP contribution is -2.19. The molecule has 1 heterocycles. The highest BCUT2D eigenvalue weighted by atomic mass is 16.2. The molecule has 0 aliphatic carbocycles. The molecule has 0 radical (unpaired) electrons. The Balaban J connectivity index is 2.14. The maximum Gasteiger partial charge on any atom is 0.272 e. The van der Waals surface area contributed by atoms with E-state index in [0.717, 1.165) is 5.56 Å². The van der Waals surface area contributed by atoms with Crippen molar-refractivity contribution in [1.82, 2.24) is 10.3 Å². The molecule has 0 spiro atoms. The van der Waals surface area contributed by atoms with Gasteiger partial charge in [0.1, 0.15) is 5.69 Å². The first-order valence-corrected chi connectivity index (χ1v) is 7.64. The van der Waals surface area contributed by atoms with E-state index in [0.29, 0.717) is 34.6 Å².